The van der Waals surface area contributed by atoms with Crippen LogP contribution in [0.5, 0.6) is 0 Å². The van der Waals surface area contributed by atoms with Crippen LogP contribution < -0.4 is 10.6 Å². The SMILES string of the molecule is N#Cc1ccccc1Nc1cncc(C(=O)NCc2ccc(F)cc2)c1. The monoisotopic (exact) mass is 346 g/mol. The molecular formula is C20H15FN4O. The van der Waals surface area contributed by atoms with Gasteiger partial charge in [-0.25, -0.2) is 4.39 Å². The van der Waals surface area contributed by atoms with Crippen LogP contribution in [0.1, 0.15) is 21.5 Å². The predicted octanol–water partition coefficient (Wildman–Crippen LogP) is 3.77. The van der Waals surface area contributed by atoms with E-state index in [1.165, 1.54) is 18.3 Å². The van der Waals surface area contributed by atoms with Crippen molar-refractivity contribution in [2.75, 3.05) is 5.32 Å². The lowest BCUT2D eigenvalue weighted by atomic mass is 10.2. The molecule has 5 nitrogen and oxygen atoms in total. The van der Waals surface area contributed by atoms with Crippen molar-refractivity contribution in [3.63, 3.8) is 0 Å². The lowest BCUT2D eigenvalue weighted by Crippen LogP contribution is -2.23. The summed E-state index contributed by atoms with van der Waals surface area (Å²) in [6.07, 6.45) is 3.03. The molecule has 0 unspecified atom stereocenters. The Morgan fingerprint density at radius 2 is 1.88 bits per heavy atom. The van der Waals surface area contributed by atoms with Crippen LogP contribution in [0.25, 0.3) is 0 Å². The second-order valence-corrected chi connectivity index (χ2v) is 5.55. The Labute approximate surface area is 150 Å². The van der Waals surface area contributed by atoms with Crippen LogP contribution in [0.15, 0.2) is 67.0 Å². The van der Waals surface area contributed by atoms with Gasteiger partial charge in [-0.1, -0.05) is 24.3 Å². The Morgan fingerprint density at radius 1 is 1.12 bits per heavy atom. The van der Waals surface area contributed by atoms with Crippen LogP contribution in [0.2, 0.25) is 0 Å². The van der Waals surface area contributed by atoms with Crippen molar-refractivity contribution in [1.29, 1.82) is 5.26 Å². The van der Waals surface area contributed by atoms with E-state index in [-0.39, 0.29) is 18.3 Å². The third-order valence-electron chi connectivity index (χ3n) is 3.69. The summed E-state index contributed by atoms with van der Waals surface area (Å²) in [5, 5.41) is 15.0. The Kier molecular flexibility index (Phi) is 5.20. The summed E-state index contributed by atoms with van der Waals surface area (Å²) in [5.74, 6) is -0.611. The molecule has 0 radical (unpaired) electrons. The molecule has 2 N–H and O–H groups in total. The number of aromatic nitrogens is 1. The van der Waals surface area contributed by atoms with Gasteiger partial charge in [-0.05, 0) is 35.9 Å². The Hall–Kier alpha value is -3.72. The zero-order valence-corrected chi connectivity index (χ0v) is 13.7. The molecule has 0 aliphatic heterocycles. The van der Waals surface area contributed by atoms with E-state index in [2.05, 4.69) is 21.7 Å². The smallest absolute Gasteiger partial charge is 0.253 e. The van der Waals surface area contributed by atoms with Crippen molar-refractivity contribution < 1.29 is 9.18 Å². The molecule has 6 heteroatoms. The van der Waals surface area contributed by atoms with Crippen LogP contribution in [-0.2, 0) is 6.54 Å². The van der Waals surface area contributed by atoms with Crippen LogP contribution in [0.3, 0.4) is 0 Å². The lowest BCUT2D eigenvalue weighted by molar-refractivity contribution is 0.0950. The van der Waals surface area contributed by atoms with Gasteiger partial charge in [-0.2, -0.15) is 5.26 Å². The molecule has 1 aromatic heterocycles. The third kappa shape index (κ3) is 4.22. The van der Waals surface area contributed by atoms with E-state index in [0.29, 0.717) is 22.5 Å². The fraction of sp³-hybridized carbons (Fsp3) is 0.0500. The average Bonchev–Trinajstić information content (AvgIpc) is 2.68. The van der Waals surface area contributed by atoms with Crippen LogP contribution in [0, 0.1) is 17.1 Å². The number of carbonyl (C=O) groups is 1. The van der Waals surface area contributed by atoms with Gasteiger partial charge < -0.3 is 10.6 Å². The molecule has 0 aliphatic carbocycles. The first-order valence-corrected chi connectivity index (χ1v) is 7.89. The highest BCUT2D eigenvalue weighted by Gasteiger charge is 2.08. The molecule has 0 saturated heterocycles. The lowest BCUT2D eigenvalue weighted by Gasteiger charge is -2.10. The van der Waals surface area contributed by atoms with Gasteiger partial charge in [-0.3, -0.25) is 9.78 Å². The summed E-state index contributed by atoms with van der Waals surface area (Å²) < 4.78 is 12.9. The number of amides is 1. The van der Waals surface area contributed by atoms with Crippen molar-refractivity contribution in [2.24, 2.45) is 0 Å². The van der Waals surface area contributed by atoms with Crippen molar-refractivity contribution >= 4 is 17.3 Å². The van der Waals surface area contributed by atoms with Gasteiger partial charge >= 0.3 is 0 Å². The molecule has 2 aromatic carbocycles. The standard InChI is InChI=1S/C20H15FN4O/c21-17-7-5-14(6-8-17)11-24-20(26)16-9-18(13-23-12-16)25-19-4-2-1-3-15(19)10-22/h1-9,12-13,25H,11H2,(H,24,26). The molecule has 3 rings (SSSR count). The minimum atomic E-state index is -0.319. The maximum atomic E-state index is 12.9. The van der Waals surface area contributed by atoms with Crippen molar-refractivity contribution in [3.8, 4) is 6.07 Å². The molecule has 0 spiro atoms. The van der Waals surface area contributed by atoms with E-state index in [0.717, 1.165) is 5.56 Å². The van der Waals surface area contributed by atoms with Gasteiger partial charge in [0.15, 0.2) is 0 Å². The number of hydrogen-bond donors (Lipinski definition) is 2. The van der Waals surface area contributed by atoms with Gasteiger partial charge in [0.25, 0.3) is 5.91 Å². The summed E-state index contributed by atoms with van der Waals surface area (Å²) in [4.78, 5) is 16.4. The number of nitrogens with zero attached hydrogens (tertiary/aromatic N) is 2. The number of rotatable bonds is 5. The predicted molar refractivity (Wildman–Crippen MR) is 96.2 cm³/mol. The summed E-state index contributed by atoms with van der Waals surface area (Å²) in [6.45, 7) is 0.286. The second-order valence-electron chi connectivity index (χ2n) is 5.55. The maximum absolute atomic E-state index is 12.9. The largest absolute Gasteiger partial charge is 0.353 e. The maximum Gasteiger partial charge on any atom is 0.253 e. The van der Waals surface area contributed by atoms with E-state index in [1.807, 2.05) is 6.07 Å². The molecule has 0 fully saturated rings. The highest BCUT2D eigenvalue weighted by atomic mass is 19.1. The number of nitriles is 1. The first kappa shape index (κ1) is 17.1. The first-order chi connectivity index (χ1) is 12.7. The zero-order valence-electron chi connectivity index (χ0n) is 13.7. The highest BCUT2D eigenvalue weighted by molar-refractivity contribution is 5.94. The third-order valence-corrected chi connectivity index (χ3v) is 3.69. The van der Waals surface area contributed by atoms with Crippen LogP contribution in [0.4, 0.5) is 15.8 Å². The van der Waals surface area contributed by atoms with Gasteiger partial charge in [0.05, 0.1) is 28.7 Å². The summed E-state index contributed by atoms with van der Waals surface area (Å²) in [7, 11) is 0. The van der Waals surface area contributed by atoms with Gasteiger partial charge in [0.2, 0.25) is 0 Å². The minimum Gasteiger partial charge on any atom is -0.353 e. The number of anilines is 2. The molecular weight excluding hydrogens is 331 g/mol. The second kappa shape index (κ2) is 7.90. The molecule has 1 amide bonds. The number of carbonyl (C=O) groups excluding carboxylic acids is 1. The number of nitrogens with one attached hydrogen (secondary N) is 2. The Balaban J connectivity index is 1.69. The number of hydrogen-bond acceptors (Lipinski definition) is 4. The van der Waals surface area contributed by atoms with E-state index in [4.69, 9.17) is 5.26 Å². The zero-order chi connectivity index (χ0) is 18.4. The topological polar surface area (TPSA) is 77.8 Å². The van der Waals surface area contributed by atoms with Gasteiger partial charge in [0.1, 0.15) is 11.9 Å². The minimum absolute atomic E-state index is 0.286. The van der Waals surface area contributed by atoms with Gasteiger partial charge in [-0.15, -0.1) is 0 Å². The molecule has 1 heterocycles. The number of halogens is 1. The fourth-order valence-electron chi connectivity index (χ4n) is 2.36. The van der Waals surface area contributed by atoms with Crippen molar-refractivity contribution in [2.45, 2.75) is 6.54 Å². The molecule has 0 aliphatic rings. The van der Waals surface area contributed by atoms with Crippen LogP contribution in [-0.4, -0.2) is 10.9 Å². The normalized spacial score (nSPS) is 10.0. The Morgan fingerprint density at radius 3 is 2.65 bits per heavy atom. The molecule has 3 aromatic rings. The van der Waals surface area contributed by atoms with E-state index >= 15 is 0 Å². The fourth-order valence-corrected chi connectivity index (χ4v) is 2.36. The quantitative estimate of drug-likeness (QED) is 0.737. The first-order valence-electron chi connectivity index (χ1n) is 7.89. The van der Waals surface area contributed by atoms with Crippen LogP contribution >= 0.6 is 0 Å². The Bertz CT molecular complexity index is 964. The average molecular weight is 346 g/mol. The van der Waals surface area contributed by atoms with E-state index in [9.17, 15) is 9.18 Å². The summed E-state index contributed by atoms with van der Waals surface area (Å²) in [6, 6.07) is 16.8. The van der Waals surface area contributed by atoms with Crippen molar-refractivity contribution in [1.82, 2.24) is 10.3 Å². The molecule has 0 saturated carbocycles. The number of pyridine rings is 1. The summed E-state index contributed by atoms with van der Waals surface area (Å²) in [5.41, 5.74) is 2.91. The van der Waals surface area contributed by atoms with E-state index in [1.54, 1.807) is 42.6 Å². The molecule has 128 valence electrons. The summed E-state index contributed by atoms with van der Waals surface area (Å²) >= 11 is 0. The molecule has 0 atom stereocenters. The van der Waals surface area contributed by atoms with Gasteiger partial charge in [0, 0.05) is 12.7 Å². The molecule has 0 bridgehead atoms. The van der Waals surface area contributed by atoms with Crippen molar-refractivity contribution in [3.05, 3.63) is 89.5 Å². The highest BCUT2D eigenvalue weighted by Crippen LogP contribution is 2.20. The molecule has 26 heavy (non-hydrogen) atoms. The number of benzene rings is 2. The number of para-hydroxylation sites is 1. The van der Waals surface area contributed by atoms with E-state index < -0.39 is 0 Å².